The third kappa shape index (κ3) is 3.57. The van der Waals surface area contributed by atoms with Crippen LogP contribution in [0.15, 0.2) is 90.3 Å². The lowest BCUT2D eigenvalue weighted by Crippen LogP contribution is -2.25. The van der Waals surface area contributed by atoms with Crippen LogP contribution in [0.4, 0.5) is 0 Å². The molecule has 0 bridgehead atoms. The molecule has 0 saturated heterocycles. The first-order valence-corrected chi connectivity index (χ1v) is 11.8. The van der Waals surface area contributed by atoms with Gasteiger partial charge >= 0.3 is 0 Å². The molecule has 2 nitrogen and oxygen atoms in total. The first-order chi connectivity index (χ1) is 13.9. The van der Waals surface area contributed by atoms with E-state index in [1.807, 2.05) is 48.5 Å². The molecule has 0 aliphatic rings. The summed E-state index contributed by atoms with van der Waals surface area (Å²) in [5.41, 5.74) is 1.81. The van der Waals surface area contributed by atoms with Crippen molar-refractivity contribution < 1.29 is 8.42 Å². The van der Waals surface area contributed by atoms with E-state index in [-0.39, 0.29) is 0 Å². The molecule has 0 fully saturated rings. The van der Waals surface area contributed by atoms with Gasteiger partial charge in [-0.05, 0) is 32.8 Å². The second-order valence-corrected chi connectivity index (χ2v) is 9.91. The second-order valence-electron chi connectivity index (χ2n) is 6.88. The van der Waals surface area contributed by atoms with E-state index < -0.39 is 9.84 Å². The maximum atomic E-state index is 12.6. The second kappa shape index (κ2) is 7.47. The highest BCUT2D eigenvalue weighted by atomic mass is 32.2. The van der Waals surface area contributed by atoms with Crippen molar-refractivity contribution in [3.63, 3.8) is 0 Å². The molecule has 0 N–H and O–H groups in total. The van der Waals surface area contributed by atoms with Gasteiger partial charge in [0.1, 0.15) is 0 Å². The topological polar surface area (TPSA) is 34.1 Å². The summed E-state index contributed by atoms with van der Waals surface area (Å²) >= 11 is 1.48. The molecule has 0 aliphatic heterocycles. The summed E-state index contributed by atoms with van der Waals surface area (Å²) in [5, 5.41) is 3.94. The Morgan fingerprint density at radius 3 is 2.38 bits per heavy atom. The van der Waals surface area contributed by atoms with Gasteiger partial charge in [-0.15, -0.1) is 11.3 Å². The zero-order valence-corrected chi connectivity index (χ0v) is 17.7. The van der Waals surface area contributed by atoms with E-state index in [1.54, 1.807) is 12.1 Å². The third-order valence-electron chi connectivity index (χ3n) is 4.91. The summed E-state index contributed by atoms with van der Waals surface area (Å²) in [7, 11) is -3.43. The largest absolute Gasteiger partial charge is 0.224 e. The minimum absolute atomic E-state index is 0.323. The number of allylic oxidation sites excluding steroid dienone is 1. The Bertz CT molecular complexity index is 1450. The smallest absolute Gasteiger partial charge is 0.176 e. The fourth-order valence-electron chi connectivity index (χ4n) is 3.52. The van der Waals surface area contributed by atoms with Gasteiger partial charge in [0, 0.05) is 16.7 Å². The van der Waals surface area contributed by atoms with Gasteiger partial charge in [0.05, 0.1) is 9.77 Å². The van der Waals surface area contributed by atoms with E-state index in [9.17, 15) is 8.42 Å². The molecule has 144 valence electrons. The molecule has 3 aromatic carbocycles. The highest BCUT2D eigenvalue weighted by Crippen LogP contribution is 2.40. The summed E-state index contributed by atoms with van der Waals surface area (Å²) < 4.78 is 25.3. The van der Waals surface area contributed by atoms with Crippen molar-refractivity contribution >= 4 is 44.1 Å². The lowest BCUT2D eigenvalue weighted by Gasteiger charge is -2.04. The van der Waals surface area contributed by atoms with Gasteiger partial charge < -0.3 is 0 Å². The zero-order chi connectivity index (χ0) is 20.6. The number of sulfone groups is 1. The SMILES string of the molecule is C=C/C(c1sc(-c2cccc3ccccc23)cc1S(C)(=O)=O)=c1/ccccc1=C. The molecule has 1 aromatic heterocycles. The summed E-state index contributed by atoms with van der Waals surface area (Å²) in [5.74, 6) is 0. The molecule has 0 radical (unpaired) electrons. The van der Waals surface area contributed by atoms with E-state index in [0.717, 1.165) is 37.2 Å². The van der Waals surface area contributed by atoms with E-state index >= 15 is 0 Å². The number of fused-ring (bicyclic) bond motifs is 1. The van der Waals surface area contributed by atoms with Crippen LogP contribution in [0.5, 0.6) is 0 Å². The summed E-state index contributed by atoms with van der Waals surface area (Å²) in [6.07, 6.45) is 2.97. The number of hydrogen-bond acceptors (Lipinski definition) is 3. The van der Waals surface area contributed by atoms with Crippen molar-refractivity contribution in [1.29, 1.82) is 0 Å². The standard InChI is InChI=1S/C25H20O2S2/c1-4-19(20-13-7-5-10-17(20)2)25-24(29(3,26)27)16-23(28-25)22-15-9-12-18-11-6-8-14-21(18)22/h4-16H,1-2H2,3H3/b20-19+. The van der Waals surface area contributed by atoms with Gasteiger partial charge in [-0.2, -0.15) is 0 Å². The number of rotatable bonds is 4. The van der Waals surface area contributed by atoms with Gasteiger partial charge in [0.25, 0.3) is 0 Å². The van der Waals surface area contributed by atoms with Crippen LogP contribution in [-0.2, 0) is 9.84 Å². The maximum Gasteiger partial charge on any atom is 0.176 e. The van der Waals surface area contributed by atoms with Gasteiger partial charge in [-0.1, -0.05) is 86.0 Å². The molecule has 0 saturated carbocycles. The summed E-state index contributed by atoms with van der Waals surface area (Å²) in [4.78, 5) is 1.93. The molecule has 0 aliphatic carbocycles. The maximum absolute atomic E-state index is 12.6. The molecule has 4 rings (SSSR count). The Balaban J connectivity index is 2.09. The number of hydrogen-bond donors (Lipinski definition) is 0. The molecular weight excluding hydrogens is 396 g/mol. The van der Waals surface area contributed by atoms with Gasteiger partial charge in [0.2, 0.25) is 0 Å². The monoisotopic (exact) mass is 416 g/mol. The molecule has 0 spiro atoms. The quantitative estimate of drug-likeness (QED) is 0.480. The van der Waals surface area contributed by atoms with Crippen molar-refractivity contribution in [3.8, 4) is 10.4 Å². The summed E-state index contributed by atoms with van der Waals surface area (Å²) in [6, 6.07) is 23.7. The third-order valence-corrected chi connectivity index (χ3v) is 7.36. The van der Waals surface area contributed by atoms with Crippen molar-refractivity contribution in [2.45, 2.75) is 4.90 Å². The van der Waals surface area contributed by atoms with E-state index in [4.69, 9.17) is 0 Å². The number of thiophene rings is 1. The predicted molar refractivity (Wildman–Crippen MR) is 124 cm³/mol. The molecule has 0 amide bonds. The fourth-order valence-corrected chi connectivity index (χ4v) is 6.10. The van der Waals surface area contributed by atoms with Crippen LogP contribution in [0.25, 0.3) is 33.4 Å². The average molecular weight is 417 g/mol. The first-order valence-electron chi connectivity index (χ1n) is 9.13. The normalized spacial score (nSPS) is 12.7. The average Bonchev–Trinajstić information content (AvgIpc) is 3.15. The van der Waals surface area contributed by atoms with Crippen LogP contribution in [0.2, 0.25) is 0 Å². The van der Waals surface area contributed by atoms with Crippen molar-refractivity contribution in [1.82, 2.24) is 0 Å². The minimum Gasteiger partial charge on any atom is -0.224 e. The molecule has 0 unspecified atom stereocenters. The molecule has 29 heavy (non-hydrogen) atoms. The van der Waals surface area contributed by atoms with Crippen molar-refractivity contribution in [2.75, 3.05) is 6.26 Å². The molecule has 1 heterocycles. The molecule has 4 heteroatoms. The fraction of sp³-hybridized carbons (Fsp3) is 0.0400. The van der Waals surface area contributed by atoms with Crippen LogP contribution in [0.1, 0.15) is 4.88 Å². The lowest BCUT2D eigenvalue weighted by molar-refractivity contribution is 0.602. The van der Waals surface area contributed by atoms with Crippen LogP contribution in [-0.4, -0.2) is 14.7 Å². The first kappa shape index (κ1) is 19.4. The van der Waals surface area contributed by atoms with Gasteiger partial charge in [-0.25, -0.2) is 8.42 Å². The Hall–Kier alpha value is -2.95. The molecule has 4 aromatic rings. The van der Waals surface area contributed by atoms with E-state index in [2.05, 4.69) is 31.4 Å². The molecule has 0 atom stereocenters. The Kier molecular flexibility index (Phi) is 4.99. The molecular formula is C25H20O2S2. The minimum atomic E-state index is -3.43. The highest BCUT2D eigenvalue weighted by Gasteiger charge is 2.21. The van der Waals surface area contributed by atoms with Crippen molar-refractivity contribution in [3.05, 3.63) is 101 Å². The zero-order valence-electron chi connectivity index (χ0n) is 16.1. The van der Waals surface area contributed by atoms with Gasteiger partial charge in [-0.3, -0.25) is 0 Å². The lowest BCUT2D eigenvalue weighted by atomic mass is 10.0. The van der Waals surface area contributed by atoms with Crippen LogP contribution < -0.4 is 10.4 Å². The van der Waals surface area contributed by atoms with Gasteiger partial charge in [0.15, 0.2) is 9.84 Å². The summed E-state index contributed by atoms with van der Waals surface area (Å²) in [6.45, 7) is 8.06. The Morgan fingerprint density at radius 1 is 0.966 bits per heavy atom. The van der Waals surface area contributed by atoms with Crippen LogP contribution in [0.3, 0.4) is 0 Å². The predicted octanol–water partition coefficient (Wildman–Crippen LogP) is 4.77. The van der Waals surface area contributed by atoms with Crippen LogP contribution in [0, 0.1) is 0 Å². The number of benzene rings is 3. The van der Waals surface area contributed by atoms with E-state index in [0.29, 0.717) is 9.77 Å². The van der Waals surface area contributed by atoms with E-state index in [1.165, 1.54) is 17.6 Å². The van der Waals surface area contributed by atoms with Crippen molar-refractivity contribution in [2.24, 2.45) is 0 Å². The van der Waals surface area contributed by atoms with Crippen LogP contribution >= 0.6 is 11.3 Å². The Morgan fingerprint density at radius 2 is 1.66 bits per heavy atom. The highest BCUT2D eigenvalue weighted by molar-refractivity contribution is 7.91. The Labute approximate surface area is 174 Å².